The van der Waals surface area contributed by atoms with Crippen LogP contribution in [0.5, 0.6) is 0 Å². The van der Waals surface area contributed by atoms with Crippen molar-refractivity contribution in [3.05, 3.63) is 53.6 Å². The van der Waals surface area contributed by atoms with Crippen LogP contribution in [-0.4, -0.2) is 29.9 Å². The smallest absolute Gasteiger partial charge is 0.231 e. The van der Waals surface area contributed by atoms with E-state index in [4.69, 9.17) is 5.73 Å². The fourth-order valence-electron chi connectivity index (χ4n) is 5.08. The molecule has 1 aliphatic heterocycles. The summed E-state index contributed by atoms with van der Waals surface area (Å²) in [6, 6.07) is 16.2. The van der Waals surface area contributed by atoms with Gasteiger partial charge in [0, 0.05) is 30.6 Å². The molecule has 3 atom stereocenters. The van der Waals surface area contributed by atoms with Crippen LogP contribution >= 0.6 is 0 Å². The van der Waals surface area contributed by atoms with Gasteiger partial charge in [0.1, 0.15) is 6.04 Å². The molecule has 0 aromatic heterocycles. The lowest BCUT2D eigenvalue weighted by molar-refractivity contribution is -0.122. The quantitative estimate of drug-likeness (QED) is 0.680. The van der Waals surface area contributed by atoms with Gasteiger partial charge in [-0.25, -0.2) is 0 Å². The van der Waals surface area contributed by atoms with E-state index in [1.165, 1.54) is 0 Å². The van der Waals surface area contributed by atoms with Crippen LogP contribution in [-0.2, 0) is 22.4 Å². The van der Waals surface area contributed by atoms with Crippen LogP contribution in [0.25, 0.3) is 11.1 Å². The molecule has 6 heteroatoms. The molecule has 0 spiro atoms. The van der Waals surface area contributed by atoms with Crippen LogP contribution in [0.4, 0.5) is 5.69 Å². The third-order valence-electron chi connectivity index (χ3n) is 6.75. The second-order valence-corrected chi connectivity index (χ2v) is 9.67. The van der Waals surface area contributed by atoms with E-state index in [9.17, 15) is 14.9 Å². The number of nitriles is 1. The van der Waals surface area contributed by atoms with Crippen molar-refractivity contribution in [3.8, 4) is 17.2 Å². The molecule has 0 bridgehead atoms. The first-order valence-electron chi connectivity index (χ1n) is 11.8. The number of fused-ring (bicyclic) bond motifs is 1. The maximum absolute atomic E-state index is 12.4. The van der Waals surface area contributed by atoms with Crippen LogP contribution in [0.1, 0.15) is 50.7 Å². The van der Waals surface area contributed by atoms with E-state index >= 15 is 0 Å². The van der Waals surface area contributed by atoms with E-state index in [1.54, 1.807) is 0 Å². The first-order valence-corrected chi connectivity index (χ1v) is 11.8. The van der Waals surface area contributed by atoms with Crippen LogP contribution in [0.15, 0.2) is 42.5 Å². The predicted molar refractivity (Wildman–Crippen MR) is 129 cm³/mol. The molecule has 1 fully saturated rings. The lowest BCUT2D eigenvalue weighted by atomic mass is 9.99. The van der Waals surface area contributed by atoms with Crippen molar-refractivity contribution in [1.82, 2.24) is 5.32 Å². The second-order valence-electron chi connectivity index (χ2n) is 9.67. The number of hydrogen-bond donors (Lipinski definition) is 2. The Morgan fingerprint density at radius 3 is 2.55 bits per heavy atom. The third-order valence-corrected chi connectivity index (χ3v) is 6.75. The molecule has 1 unspecified atom stereocenters. The Kier molecular flexibility index (Phi) is 6.80. The van der Waals surface area contributed by atoms with Gasteiger partial charge in [-0.2, -0.15) is 5.26 Å². The number of anilines is 1. The summed E-state index contributed by atoms with van der Waals surface area (Å²) in [5.41, 5.74) is 11.1. The zero-order valence-electron chi connectivity index (χ0n) is 19.4. The van der Waals surface area contributed by atoms with Crippen molar-refractivity contribution >= 4 is 17.5 Å². The highest BCUT2D eigenvalue weighted by Gasteiger charge is 2.29. The summed E-state index contributed by atoms with van der Waals surface area (Å²) in [4.78, 5) is 26.6. The van der Waals surface area contributed by atoms with Gasteiger partial charge in [-0.3, -0.25) is 9.59 Å². The molecule has 6 nitrogen and oxygen atoms in total. The average molecular weight is 445 g/mol. The van der Waals surface area contributed by atoms with E-state index < -0.39 is 6.04 Å². The zero-order chi connectivity index (χ0) is 23.5. The van der Waals surface area contributed by atoms with Crippen LogP contribution in [0.3, 0.4) is 0 Å². The summed E-state index contributed by atoms with van der Waals surface area (Å²) < 4.78 is 0. The van der Waals surface area contributed by atoms with E-state index in [-0.39, 0.29) is 23.9 Å². The Balaban J connectivity index is 1.40. The molecule has 33 heavy (non-hydrogen) atoms. The number of nitrogens with one attached hydrogen (secondary N) is 1. The highest BCUT2D eigenvalue weighted by molar-refractivity contribution is 6.02. The second kappa shape index (κ2) is 9.76. The maximum Gasteiger partial charge on any atom is 0.231 e. The molecule has 2 aromatic rings. The third kappa shape index (κ3) is 5.26. The fourth-order valence-corrected chi connectivity index (χ4v) is 5.08. The normalized spacial score (nSPS) is 20.6. The van der Waals surface area contributed by atoms with Crippen LogP contribution in [0.2, 0.25) is 0 Å². The minimum atomic E-state index is -0.552. The molecule has 3 N–H and O–H groups in total. The van der Waals surface area contributed by atoms with E-state index in [0.29, 0.717) is 25.2 Å². The number of hydrogen-bond acceptors (Lipinski definition) is 4. The van der Waals surface area contributed by atoms with Gasteiger partial charge in [0.15, 0.2) is 0 Å². The van der Waals surface area contributed by atoms with Gasteiger partial charge in [-0.15, -0.1) is 0 Å². The zero-order valence-corrected chi connectivity index (χ0v) is 19.4. The first kappa shape index (κ1) is 23.0. The van der Waals surface area contributed by atoms with Crippen molar-refractivity contribution in [2.75, 3.05) is 4.90 Å². The number of carbonyl (C=O) groups is 2. The molecule has 2 aromatic carbocycles. The molecule has 1 aliphatic carbocycles. The average Bonchev–Trinajstić information content (AvgIpc) is 3.34. The van der Waals surface area contributed by atoms with Crippen molar-refractivity contribution in [2.24, 2.45) is 11.7 Å². The van der Waals surface area contributed by atoms with E-state index in [0.717, 1.165) is 47.2 Å². The molecule has 4 rings (SSSR count). The topological polar surface area (TPSA) is 99.2 Å². The number of amides is 2. The van der Waals surface area contributed by atoms with Gasteiger partial charge < -0.3 is 16.0 Å². The van der Waals surface area contributed by atoms with Crippen LogP contribution in [0, 0.1) is 17.2 Å². The largest absolute Gasteiger partial charge is 0.340 e. The molecule has 0 saturated heterocycles. The summed E-state index contributed by atoms with van der Waals surface area (Å²) in [6.45, 7) is 4.06. The first-order chi connectivity index (χ1) is 15.8. The lowest BCUT2D eigenvalue weighted by Crippen LogP contribution is -2.36. The van der Waals surface area contributed by atoms with E-state index in [2.05, 4.69) is 23.5 Å². The molecule has 0 radical (unpaired) electrons. The molecule has 2 amide bonds. The number of carbonyl (C=O) groups excluding carboxylic acids is 2. The van der Waals surface area contributed by atoms with Gasteiger partial charge >= 0.3 is 0 Å². The summed E-state index contributed by atoms with van der Waals surface area (Å²) in [6.07, 6.45) is 4.21. The van der Waals surface area contributed by atoms with Crippen molar-refractivity contribution in [3.63, 3.8) is 0 Å². The van der Waals surface area contributed by atoms with Crippen molar-refractivity contribution < 1.29 is 9.59 Å². The highest BCUT2D eigenvalue weighted by atomic mass is 16.2. The van der Waals surface area contributed by atoms with Gasteiger partial charge in [0.2, 0.25) is 11.8 Å². The number of benzene rings is 2. The molecule has 172 valence electrons. The Morgan fingerprint density at radius 2 is 1.91 bits per heavy atom. The number of nitrogens with zero attached hydrogens (tertiary/aromatic N) is 2. The van der Waals surface area contributed by atoms with Gasteiger partial charge in [0.05, 0.1) is 12.5 Å². The SMILES string of the molecule is CC(C)N1C(=O)Cc2ccc(-c3ccc(CC(C#N)NC(=O)C[C@H]4CC[C@@H](N)C4)cc3)cc21. The standard InChI is InChI=1S/C27H32N4O2/c1-17(2)31-25-14-21(8-9-22(25)15-27(31)33)20-6-3-18(4-7-20)12-24(16-28)30-26(32)13-19-5-10-23(29)11-19/h3-4,6-9,14,17,19,23-24H,5,10-13,15,29H2,1-2H3,(H,30,32)/t19-,23+,24?/m0/s1. The van der Waals surface area contributed by atoms with Gasteiger partial charge in [-0.1, -0.05) is 36.4 Å². The Hall–Kier alpha value is -3.17. The maximum atomic E-state index is 12.4. The number of nitrogens with two attached hydrogens (primary N) is 1. The summed E-state index contributed by atoms with van der Waals surface area (Å²) in [5, 5.41) is 12.4. The van der Waals surface area contributed by atoms with E-state index in [1.807, 2.05) is 49.1 Å². The summed E-state index contributed by atoms with van der Waals surface area (Å²) in [5.74, 6) is 0.403. The number of rotatable bonds is 7. The van der Waals surface area contributed by atoms with Crippen LogP contribution < -0.4 is 16.0 Å². The van der Waals surface area contributed by atoms with Gasteiger partial charge in [-0.05, 0) is 67.3 Å². The predicted octanol–water partition coefficient (Wildman–Crippen LogP) is 3.72. The lowest BCUT2D eigenvalue weighted by Gasteiger charge is -2.22. The molecule has 1 heterocycles. The summed E-state index contributed by atoms with van der Waals surface area (Å²) >= 11 is 0. The van der Waals surface area contributed by atoms with Crippen molar-refractivity contribution in [1.29, 1.82) is 5.26 Å². The Bertz CT molecular complexity index is 1070. The Morgan fingerprint density at radius 1 is 1.18 bits per heavy atom. The highest BCUT2D eigenvalue weighted by Crippen LogP contribution is 2.35. The molecule has 1 saturated carbocycles. The molecular weight excluding hydrogens is 412 g/mol. The summed E-state index contributed by atoms with van der Waals surface area (Å²) in [7, 11) is 0. The molecular formula is C27H32N4O2. The monoisotopic (exact) mass is 444 g/mol. The minimum absolute atomic E-state index is 0.0698. The fraction of sp³-hybridized carbons (Fsp3) is 0.444. The van der Waals surface area contributed by atoms with Crippen molar-refractivity contribution in [2.45, 2.75) is 70.5 Å². The van der Waals surface area contributed by atoms with Gasteiger partial charge in [0.25, 0.3) is 0 Å². The Labute approximate surface area is 195 Å². The minimum Gasteiger partial charge on any atom is -0.340 e. The molecule has 2 aliphatic rings.